The van der Waals surface area contributed by atoms with Crippen molar-refractivity contribution < 1.29 is 22.8 Å². The fourth-order valence-corrected chi connectivity index (χ4v) is 2.54. The number of nitrogens with zero attached hydrogens (tertiary/aromatic N) is 2. The molecule has 1 aliphatic heterocycles. The Hall–Kier alpha value is -2.90. The summed E-state index contributed by atoms with van der Waals surface area (Å²) in [4.78, 5) is 28.7. The molecule has 130 valence electrons. The summed E-state index contributed by atoms with van der Waals surface area (Å²) in [6, 6.07) is 8.53. The lowest BCUT2D eigenvalue weighted by Crippen LogP contribution is -2.23. The number of aromatic nitrogens is 1. The standard InChI is InChI=1S/C17H14F3N3O2/c18-17(19,20)14-8-3-11(10-21-14)16(25)22-12-4-6-13(7-5-12)23-9-1-2-15(23)24/h3-8,10H,1-2,9H2,(H,22,25). The number of amides is 2. The van der Waals surface area contributed by atoms with Gasteiger partial charge in [-0.15, -0.1) is 0 Å². The minimum atomic E-state index is -4.54. The summed E-state index contributed by atoms with van der Waals surface area (Å²) < 4.78 is 37.4. The van der Waals surface area contributed by atoms with Gasteiger partial charge in [0.15, 0.2) is 0 Å². The molecule has 1 aromatic carbocycles. The first-order valence-electron chi connectivity index (χ1n) is 7.59. The molecule has 0 atom stereocenters. The Kier molecular flexibility index (Phi) is 4.43. The molecule has 1 saturated heterocycles. The first kappa shape index (κ1) is 16.9. The lowest BCUT2D eigenvalue weighted by Gasteiger charge is -2.16. The number of alkyl halides is 3. The summed E-state index contributed by atoms with van der Waals surface area (Å²) in [5.41, 5.74) is 0.187. The smallest absolute Gasteiger partial charge is 0.322 e. The van der Waals surface area contributed by atoms with E-state index in [0.717, 1.165) is 30.4 Å². The Labute approximate surface area is 141 Å². The van der Waals surface area contributed by atoms with Crippen LogP contribution in [-0.2, 0) is 11.0 Å². The molecule has 5 nitrogen and oxygen atoms in total. The Balaban J connectivity index is 1.67. The van der Waals surface area contributed by atoms with Crippen LogP contribution in [0.4, 0.5) is 24.5 Å². The van der Waals surface area contributed by atoms with Crippen molar-refractivity contribution in [1.29, 1.82) is 0 Å². The second kappa shape index (κ2) is 6.54. The summed E-state index contributed by atoms with van der Waals surface area (Å²) in [5, 5.41) is 2.58. The molecule has 1 fully saturated rings. The molecule has 25 heavy (non-hydrogen) atoms. The zero-order valence-corrected chi connectivity index (χ0v) is 13.0. The Morgan fingerprint density at radius 2 is 1.84 bits per heavy atom. The fraction of sp³-hybridized carbons (Fsp3) is 0.235. The molecule has 0 spiro atoms. The first-order valence-corrected chi connectivity index (χ1v) is 7.59. The maximum absolute atomic E-state index is 12.5. The normalized spacial score (nSPS) is 14.7. The van der Waals surface area contributed by atoms with E-state index < -0.39 is 17.8 Å². The van der Waals surface area contributed by atoms with E-state index in [2.05, 4.69) is 10.3 Å². The summed E-state index contributed by atoms with van der Waals surface area (Å²) in [5.74, 6) is -0.501. The second-order valence-corrected chi connectivity index (χ2v) is 5.58. The predicted octanol–water partition coefficient (Wildman–Crippen LogP) is 3.48. The van der Waals surface area contributed by atoms with Crippen LogP contribution in [0.25, 0.3) is 0 Å². The predicted molar refractivity (Wildman–Crippen MR) is 85.2 cm³/mol. The van der Waals surface area contributed by atoms with E-state index in [4.69, 9.17) is 0 Å². The van der Waals surface area contributed by atoms with Gasteiger partial charge < -0.3 is 10.2 Å². The maximum atomic E-state index is 12.5. The molecule has 0 bridgehead atoms. The largest absolute Gasteiger partial charge is 0.433 e. The molecule has 0 saturated carbocycles. The molecule has 3 rings (SSSR count). The summed E-state index contributed by atoms with van der Waals surface area (Å²) >= 11 is 0. The molecule has 8 heteroatoms. The third kappa shape index (κ3) is 3.78. The number of pyridine rings is 1. The highest BCUT2D eigenvalue weighted by atomic mass is 19.4. The molecule has 0 unspecified atom stereocenters. The van der Waals surface area contributed by atoms with Crippen molar-refractivity contribution in [1.82, 2.24) is 4.98 Å². The van der Waals surface area contributed by atoms with Gasteiger partial charge in [-0.25, -0.2) is 0 Å². The summed E-state index contributed by atoms with van der Waals surface area (Å²) in [6.45, 7) is 0.668. The van der Waals surface area contributed by atoms with Crippen LogP contribution in [0.2, 0.25) is 0 Å². The second-order valence-electron chi connectivity index (χ2n) is 5.58. The molecule has 2 aromatic rings. The van der Waals surface area contributed by atoms with Gasteiger partial charge in [0.25, 0.3) is 5.91 Å². The molecule has 0 aliphatic carbocycles. The zero-order chi connectivity index (χ0) is 18.0. The number of halogens is 3. The van der Waals surface area contributed by atoms with Gasteiger partial charge in [0.1, 0.15) is 5.69 Å². The van der Waals surface area contributed by atoms with Crippen LogP contribution >= 0.6 is 0 Å². The third-order valence-electron chi connectivity index (χ3n) is 3.83. The van der Waals surface area contributed by atoms with Gasteiger partial charge in [-0.2, -0.15) is 13.2 Å². The van der Waals surface area contributed by atoms with Crippen LogP contribution < -0.4 is 10.2 Å². The van der Waals surface area contributed by atoms with Crippen molar-refractivity contribution in [2.24, 2.45) is 0 Å². The van der Waals surface area contributed by atoms with Gasteiger partial charge in [-0.1, -0.05) is 0 Å². The van der Waals surface area contributed by atoms with E-state index in [1.54, 1.807) is 29.2 Å². The first-order chi connectivity index (χ1) is 11.8. The van der Waals surface area contributed by atoms with E-state index in [-0.39, 0.29) is 11.5 Å². The summed E-state index contributed by atoms with van der Waals surface area (Å²) in [6.07, 6.45) is -2.31. The summed E-state index contributed by atoms with van der Waals surface area (Å²) in [7, 11) is 0. The van der Waals surface area contributed by atoms with Crippen LogP contribution in [0.1, 0.15) is 28.9 Å². The lowest BCUT2D eigenvalue weighted by molar-refractivity contribution is -0.141. The number of hydrogen-bond donors (Lipinski definition) is 1. The van der Waals surface area contributed by atoms with Crippen LogP contribution in [0, 0.1) is 0 Å². The minimum Gasteiger partial charge on any atom is -0.322 e. The van der Waals surface area contributed by atoms with Crippen molar-refractivity contribution in [2.45, 2.75) is 19.0 Å². The van der Waals surface area contributed by atoms with E-state index in [0.29, 0.717) is 18.7 Å². The van der Waals surface area contributed by atoms with E-state index in [1.807, 2.05) is 0 Å². The van der Waals surface area contributed by atoms with Crippen molar-refractivity contribution in [3.8, 4) is 0 Å². The topological polar surface area (TPSA) is 62.3 Å². The highest BCUT2D eigenvalue weighted by Crippen LogP contribution is 2.27. The van der Waals surface area contributed by atoms with Crippen LogP contribution in [0.15, 0.2) is 42.6 Å². The van der Waals surface area contributed by atoms with Gasteiger partial charge in [0, 0.05) is 30.5 Å². The van der Waals surface area contributed by atoms with Crippen molar-refractivity contribution in [2.75, 3.05) is 16.8 Å². The SMILES string of the molecule is O=C(Nc1ccc(N2CCCC2=O)cc1)c1ccc(C(F)(F)F)nc1. The van der Waals surface area contributed by atoms with E-state index >= 15 is 0 Å². The number of hydrogen-bond acceptors (Lipinski definition) is 3. The average Bonchev–Trinajstić information content (AvgIpc) is 3.01. The van der Waals surface area contributed by atoms with Crippen LogP contribution in [0.3, 0.4) is 0 Å². The molecule has 2 amide bonds. The Morgan fingerprint density at radius 1 is 1.12 bits per heavy atom. The van der Waals surface area contributed by atoms with Crippen LogP contribution in [0.5, 0.6) is 0 Å². The number of rotatable bonds is 3. The number of carbonyl (C=O) groups is 2. The number of benzene rings is 1. The number of carbonyl (C=O) groups excluding carboxylic acids is 2. The Bertz CT molecular complexity index is 786. The average molecular weight is 349 g/mol. The van der Waals surface area contributed by atoms with Crippen molar-refractivity contribution in [3.05, 3.63) is 53.9 Å². The van der Waals surface area contributed by atoms with Gasteiger partial charge in [0.05, 0.1) is 5.56 Å². The zero-order valence-electron chi connectivity index (χ0n) is 13.0. The number of anilines is 2. The molecule has 1 aromatic heterocycles. The molecular weight excluding hydrogens is 335 g/mol. The van der Waals surface area contributed by atoms with Crippen molar-refractivity contribution in [3.63, 3.8) is 0 Å². The fourth-order valence-electron chi connectivity index (χ4n) is 2.54. The van der Waals surface area contributed by atoms with E-state index in [1.165, 1.54) is 0 Å². The molecule has 2 heterocycles. The molecule has 0 radical (unpaired) electrons. The highest BCUT2D eigenvalue weighted by Gasteiger charge is 2.32. The van der Waals surface area contributed by atoms with Crippen LogP contribution in [-0.4, -0.2) is 23.3 Å². The number of nitrogens with one attached hydrogen (secondary N) is 1. The highest BCUT2D eigenvalue weighted by molar-refractivity contribution is 6.04. The quantitative estimate of drug-likeness (QED) is 0.923. The third-order valence-corrected chi connectivity index (χ3v) is 3.83. The molecule has 1 aliphatic rings. The van der Waals surface area contributed by atoms with E-state index in [9.17, 15) is 22.8 Å². The van der Waals surface area contributed by atoms with Gasteiger partial charge in [0.2, 0.25) is 5.91 Å². The monoisotopic (exact) mass is 349 g/mol. The molecule has 1 N–H and O–H groups in total. The Morgan fingerprint density at radius 3 is 2.36 bits per heavy atom. The molecular formula is C17H14F3N3O2. The minimum absolute atomic E-state index is 0.0202. The lowest BCUT2D eigenvalue weighted by atomic mass is 10.2. The van der Waals surface area contributed by atoms with Crippen molar-refractivity contribution >= 4 is 23.2 Å². The van der Waals surface area contributed by atoms with Gasteiger partial charge >= 0.3 is 6.18 Å². The van der Waals surface area contributed by atoms with Gasteiger partial charge in [-0.3, -0.25) is 14.6 Å². The van der Waals surface area contributed by atoms with Gasteiger partial charge in [-0.05, 0) is 42.8 Å². The maximum Gasteiger partial charge on any atom is 0.433 e.